The van der Waals surface area contributed by atoms with Crippen LogP contribution in [0.3, 0.4) is 0 Å². The summed E-state index contributed by atoms with van der Waals surface area (Å²) in [7, 11) is 0. The Balaban J connectivity index is 1.85. The Kier molecular flexibility index (Phi) is 3.82. The van der Waals surface area contributed by atoms with E-state index in [0.717, 1.165) is 45.4 Å². The van der Waals surface area contributed by atoms with Gasteiger partial charge in [-0.25, -0.2) is 0 Å². The van der Waals surface area contributed by atoms with Crippen molar-refractivity contribution in [2.24, 2.45) is 0 Å². The average Bonchev–Trinajstić information content (AvgIpc) is 2.30. The van der Waals surface area contributed by atoms with Gasteiger partial charge in [0.15, 0.2) is 0 Å². The molecule has 2 fully saturated rings. The van der Waals surface area contributed by atoms with Crippen LogP contribution in [-0.4, -0.2) is 59.1 Å². The molecular formula is C12H22N2O2. The summed E-state index contributed by atoms with van der Waals surface area (Å²) in [4.78, 5) is 15.5. The summed E-state index contributed by atoms with van der Waals surface area (Å²) in [5, 5.41) is 9.97. The number of nitrogens with zero attached hydrogens (tertiary/aromatic N) is 2. The van der Waals surface area contributed by atoms with Crippen LogP contribution in [0.1, 0.15) is 32.6 Å². The van der Waals surface area contributed by atoms with E-state index in [2.05, 4.69) is 4.90 Å². The van der Waals surface area contributed by atoms with E-state index in [1.165, 1.54) is 6.42 Å². The smallest absolute Gasteiger partial charge is 0.219 e. The largest absolute Gasteiger partial charge is 0.391 e. The summed E-state index contributed by atoms with van der Waals surface area (Å²) in [6.45, 7) is 5.10. The van der Waals surface area contributed by atoms with Crippen LogP contribution in [0.2, 0.25) is 0 Å². The zero-order valence-electron chi connectivity index (χ0n) is 10.1. The molecule has 0 spiro atoms. The molecule has 92 valence electrons. The second kappa shape index (κ2) is 5.15. The molecule has 1 aliphatic heterocycles. The molecule has 1 saturated carbocycles. The number of piperazine rings is 1. The molecule has 0 unspecified atom stereocenters. The number of carbonyl (C=O) groups excluding carboxylic acids is 1. The highest BCUT2D eigenvalue weighted by Crippen LogP contribution is 2.24. The van der Waals surface area contributed by atoms with Crippen LogP contribution < -0.4 is 0 Å². The van der Waals surface area contributed by atoms with Crippen molar-refractivity contribution in [2.75, 3.05) is 26.2 Å². The van der Waals surface area contributed by atoms with Gasteiger partial charge in [0.05, 0.1) is 6.10 Å². The van der Waals surface area contributed by atoms with Gasteiger partial charge < -0.3 is 10.0 Å². The fourth-order valence-corrected chi connectivity index (χ4v) is 2.89. The molecule has 2 aliphatic rings. The summed E-state index contributed by atoms with van der Waals surface area (Å²) in [6, 6.07) is 0.336. The predicted molar refractivity (Wildman–Crippen MR) is 62.1 cm³/mol. The lowest BCUT2D eigenvalue weighted by Gasteiger charge is -2.42. The molecule has 16 heavy (non-hydrogen) atoms. The first-order chi connectivity index (χ1) is 7.68. The first-order valence-corrected chi connectivity index (χ1v) is 6.36. The van der Waals surface area contributed by atoms with Crippen molar-refractivity contribution in [3.8, 4) is 0 Å². The molecule has 0 aromatic rings. The van der Waals surface area contributed by atoms with E-state index in [-0.39, 0.29) is 12.0 Å². The monoisotopic (exact) mass is 226 g/mol. The fourth-order valence-electron chi connectivity index (χ4n) is 2.89. The van der Waals surface area contributed by atoms with Crippen LogP contribution in [0.4, 0.5) is 0 Å². The van der Waals surface area contributed by atoms with E-state index in [0.29, 0.717) is 6.04 Å². The Bertz CT molecular complexity index is 249. The lowest BCUT2D eigenvalue weighted by atomic mass is 9.91. The fraction of sp³-hybridized carbons (Fsp3) is 0.917. The molecule has 2 atom stereocenters. The molecule has 4 nitrogen and oxygen atoms in total. The van der Waals surface area contributed by atoms with Crippen molar-refractivity contribution in [1.29, 1.82) is 0 Å². The molecule has 4 heteroatoms. The van der Waals surface area contributed by atoms with Crippen LogP contribution in [0, 0.1) is 0 Å². The predicted octanol–water partition coefficient (Wildman–Crippen LogP) is 0.454. The Morgan fingerprint density at radius 1 is 1.12 bits per heavy atom. The summed E-state index contributed by atoms with van der Waals surface area (Å²) < 4.78 is 0. The number of amides is 1. The molecule has 1 aliphatic carbocycles. The second-order valence-corrected chi connectivity index (χ2v) is 4.96. The Labute approximate surface area is 97.2 Å². The number of rotatable bonds is 1. The van der Waals surface area contributed by atoms with E-state index >= 15 is 0 Å². The molecule has 0 aromatic heterocycles. The molecule has 0 radical (unpaired) electrons. The van der Waals surface area contributed by atoms with Crippen molar-refractivity contribution in [3.05, 3.63) is 0 Å². The van der Waals surface area contributed by atoms with Crippen LogP contribution in [-0.2, 0) is 4.79 Å². The first kappa shape index (κ1) is 11.9. The van der Waals surface area contributed by atoms with E-state index in [4.69, 9.17) is 0 Å². The van der Waals surface area contributed by atoms with Gasteiger partial charge in [0, 0.05) is 39.1 Å². The summed E-state index contributed by atoms with van der Waals surface area (Å²) in [5.41, 5.74) is 0. The molecule has 0 bridgehead atoms. The van der Waals surface area contributed by atoms with Crippen LogP contribution in [0.5, 0.6) is 0 Å². The first-order valence-electron chi connectivity index (χ1n) is 6.36. The topological polar surface area (TPSA) is 43.8 Å². The zero-order valence-corrected chi connectivity index (χ0v) is 10.1. The van der Waals surface area contributed by atoms with Crippen molar-refractivity contribution in [1.82, 2.24) is 9.80 Å². The number of aliphatic hydroxyl groups excluding tert-OH is 1. The van der Waals surface area contributed by atoms with E-state index in [9.17, 15) is 9.90 Å². The van der Waals surface area contributed by atoms with E-state index in [1.807, 2.05) is 4.90 Å². The van der Waals surface area contributed by atoms with Crippen molar-refractivity contribution in [2.45, 2.75) is 44.8 Å². The Morgan fingerprint density at radius 2 is 1.75 bits per heavy atom. The molecule has 1 saturated heterocycles. The summed E-state index contributed by atoms with van der Waals surface area (Å²) >= 11 is 0. The number of carbonyl (C=O) groups is 1. The van der Waals surface area contributed by atoms with Crippen molar-refractivity contribution in [3.63, 3.8) is 0 Å². The quantitative estimate of drug-likeness (QED) is 0.706. The summed E-state index contributed by atoms with van der Waals surface area (Å²) in [6.07, 6.45) is 4.29. The minimum atomic E-state index is -0.155. The van der Waals surface area contributed by atoms with E-state index in [1.54, 1.807) is 6.92 Å². The maximum atomic E-state index is 11.2. The van der Waals surface area contributed by atoms with Gasteiger partial charge in [-0.15, -0.1) is 0 Å². The maximum Gasteiger partial charge on any atom is 0.219 e. The summed E-state index contributed by atoms with van der Waals surface area (Å²) in [5.74, 6) is 0.170. The third kappa shape index (κ3) is 2.55. The van der Waals surface area contributed by atoms with Crippen LogP contribution in [0.25, 0.3) is 0 Å². The standard InChI is InChI=1S/C12H22N2O2/c1-10(15)13-6-8-14(9-7-13)11-4-2-3-5-12(11)16/h11-12,16H,2-9H2,1H3/t11-,12-/m1/s1. The molecule has 0 aromatic carbocycles. The van der Waals surface area contributed by atoms with Gasteiger partial charge in [-0.1, -0.05) is 12.8 Å². The van der Waals surface area contributed by atoms with Gasteiger partial charge >= 0.3 is 0 Å². The minimum absolute atomic E-state index is 0.155. The molecule has 2 rings (SSSR count). The Morgan fingerprint density at radius 3 is 2.31 bits per heavy atom. The van der Waals surface area contributed by atoms with Crippen LogP contribution in [0.15, 0.2) is 0 Å². The highest BCUT2D eigenvalue weighted by atomic mass is 16.3. The van der Waals surface area contributed by atoms with Crippen molar-refractivity contribution < 1.29 is 9.90 Å². The lowest BCUT2D eigenvalue weighted by Crippen LogP contribution is -2.55. The van der Waals surface area contributed by atoms with Crippen molar-refractivity contribution >= 4 is 5.91 Å². The molecule has 1 amide bonds. The normalized spacial score (nSPS) is 32.8. The average molecular weight is 226 g/mol. The lowest BCUT2D eigenvalue weighted by molar-refractivity contribution is -0.131. The number of hydrogen-bond donors (Lipinski definition) is 1. The minimum Gasteiger partial charge on any atom is -0.391 e. The van der Waals surface area contributed by atoms with Gasteiger partial charge in [-0.3, -0.25) is 9.69 Å². The molecule has 1 N–H and O–H groups in total. The second-order valence-electron chi connectivity index (χ2n) is 4.96. The van der Waals surface area contributed by atoms with Gasteiger partial charge in [0.1, 0.15) is 0 Å². The number of aliphatic hydroxyl groups is 1. The zero-order chi connectivity index (χ0) is 11.5. The number of hydrogen-bond acceptors (Lipinski definition) is 3. The Hall–Kier alpha value is -0.610. The molecular weight excluding hydrogens is 204 g/mol. The van der Waals surface area contributed by atoms with Gasteiger partial charge in [-0.2, -0.15) is 0 Å². The molecule has 1 heterocycles. The highest BCUT2D eigenvalue weighted by molar-refractivity contribution is 5.73. The third-order valence-electron chi connectivity index (χ3n) is 3.92. The van der Waals surface area contributed by atoms with Gasteiger partial charge in [0.25, 0.3) is 0 Å². The highest BCUT2D eigenvalue weighted by Gasteiger charge is 2.31. The SMILES string of the molecule is CC(=O)N1CCN([C@@H]2CCCC[C@H]2O)CC1. The third-order valence-corrected chi connectivity index (χ3v) is 3.92. The van der Waals surface area contributed by atoms with Crippen LogP contribution >= 0.6 is 0 Å². The van der Waals surface area contributed by atoms with Gasteiger partial charge in [0.2, 0.25) is 5.91 Å². The van der Waals surface area contributed by atoms with Gasteiger partial charge in [-0.05, 0) is 12.8 Å². The van der Waals surface area contributed by atoms with E-state index < -0.39 is 0 Å². The maximum absolute atomic E-state index is 11.2.